The van der Waals surface area contributed by atoms with E-state index >= 15 is 0 Å². The highest BCUT2D eigenvalue weighted by molar-refractivity contribution is 4.77. The van der Waals surface area contributed by atoms with Crippen LogP contribution in [0.1, 0.15) is 19.8 Å². The molecule has 1 rings (SSSR count). The Morgan fingerprint density at radius 3 is 2.40 bits per heavy atom. The molecule has 1 aliphatic heterocycles. The van der Waals surface area contributed by atoms with Gasteiger partial charge in [0, 0.05) is 13.0 Å². The van der Waals surface area contributed by atoms with Crippen molar-refractivity contribution < 1.29 is 4.74 Å². The molecular weight excluding hydrogens is 126 g/mol. The van der Waals surface area contributed by atoms with E-state index in [0.717, 1.165) is 6.54 Å². The van der Waals surface area contributed by atoms with E-state index in [2.05, 4.69) is 25.9 Å². The second kappa shape index (κ2) is 3.35. The van der Waals surface area contributed by atoms with Gasteiger partial charge in [0.2, 0.25) is 0 Å². The largest absolute Gasteiger partial charge is 0.373 e. The molecule has 0 radical (unpaired) electrons. The Hall–Kier alpha value is -0.0800. The number of hydrogen-bond donors (Lipinski definition) is 0. The van der Waals surface area contributed by atoms with E-state index in [-0.39, 0.29) is 0 Å². The van der Waals surface area contributed by atoms with E-state index in [1.807, 2.05) is 0 Å². The number of ether oxygens (including phenoxy) is 1. The Morgan fingerprint density at radius 1 is 1.40 bits per heavy atom. The second-order valence-corrected chi connectivity index (χ2v) is 3.29. The topological polar surface area (TPSA) is 12.5 Å². The lowest BCUT2D eigenvalue weighted by molar-refractivity contribution is -0.130. The molecule has 1 fully saturated rings. The van der Waals surface area contributed by atoms with Gasteiger partial charge in [-0.05, 0) is 20.5 Å². The molecule has 1 saturated heterocycles. The van der Waals surface area contributed by atoms with Crippen LogP contribution in [0.5, 0.6) is 0 Å². The van der Waals surface area contributed by atoms with Crippen LogP contribution in [0.4, 0.5) is 0 Å². The normalized spacial score (nSPS) is 32.4. The summed E-state index contributed by atoms with van der Waals surface area (Å²) in [5.41, 5.74) is 0. The van der Waals surface area contributed by atoms with E-state index < -0.39 is 0 Å². The van der Waals surface area contributed by atoms with Crippen molar-refractivity contribution >= 4 is 0 Å². The van der Waals surface area contributed by atoms with Crippen LogP contribution in [-0.2, 0) is 4.74 Å². The minimum Gasteiger partial charge on any atom is -0.373 e. The molecule has 1 heterocycles. The molecule has 0 bridgehead atoms. The van der Waals surface area contributed by atoms with Gasteiger partial charge in [-0.25, -0.2) is 0 Å². The lowest BCUT2D eigenvalue weighted by atomic mass is 10.0. The highest BCUT2D eigenvalue weighted by atomic mass is 16.5. The molecule has 60 valence electrons. The lowest BCUT2D eigenvalue weighted by Crippen LogP contribution is -2.43. The van der Waals surface area contributed by atoms with Gasteiger partial charge in [-0.2, -0.15) is 0 Å². The molecule has 0 saturated carbocycles. The van der Waals surface area contributed by atoms with Gasteiger partial charge in [0.15, 0.2) is 0 Å². The first kappa shape index (κ1) is 8.02. The standard InChI is InChI=1S/C8H17NO/c1-4-7-5-8(10-7)6-9(2)3/h7-8H,4-6H2,1-3H3. The zero-order valence-electron chi connectivity index (χ0n) is 7.13. The summed E-state index contributed by atoms with van der Waals surface area (Å²) in [6.45, 7) is 3.26. The summed E-state index contributed by atoms with van der Waals surface area (Å²) in [6.07, 6.45) is 3.50. The number of nitrogens with zero attached hydrogens (tertiary/aromatic N) is 1. The molecule has 0 aromatic carbocycles. The molecule has 1 aliphatic rings. The quantitative estimate of drug-likeness (QED) is 0.587. The summed E-state index contributed by atoms with van der Waals surface area (Å²) < 4.78 is 5.56. The second-order valence-electron chi connectivity index (χ2n) is 3.29. The molecule has 2 heteroatoms. The Bertz CT molecular complexity index is 97.4. The smallest absolute Gasteiger partial charge is 0.0730 e. The van der Waals surface area contributed by atoms with Crippen LogP contribution < -0.4 is 0 Å². The van der Waals surface area contributed by atoms with Gasteiger partial charge >= 0.3 is 0 Å². The van der Waals surface area contributed by atoms with Gasteiger partial charge < -0.3 is 9.64 Å². The van der Waals surface area contributed by atoms with E-state index in [0.29, 0.717) is 12.2 Å². The van der Waals surface area contributed by atoms with Crippen molar-refractivity contribution in [1.82, 2.24) is 4.90 Å². The first-order valence-electron chi connectivity index (χ1n) is 4.02. The van der Waals surface area contributed by atoms with Crippen LogP contribution >= 0.6 is 0 Å². The van der Waals surface area contributed by atoms with E-state index in [9.17, 15) is 0 Å². The van der Waals surface area contributed by atoms with Crippen molar-refractivity contribution in [2.45, 2.75) is 32.0 Å². The number of likely N-dealkylation sites (N-methyl/N-ethyl adjacent to an activating group) is 1. The highest BCUT2D eigenvalue weighted by Gasteiger charge is 2.28. The maximum Gasteiger partial charge on any atom is 0.0730 e. The van der Waals surface area contributed by atoms with Crippen molar-refractivity contribution in [3.05, 3.63) is 0 Å². The third-order valence-electron chi connectivity index (χ3n) is 1.93. The fourth-order valence-electron chi connectivity index (χ4n) is 1.34. The predicted octanol–water partition coefficient (Wildman–Crippen LogP) is 1.12. The third-order valence-corrected chi connectivity index (χ3v) is 1.93. The predicted molar refractivity (Wildman–Crippen MR) is 42.1 cm³/mol. The van der Waals surface area contributed by atoms with Crippen molar-refractivity contribution in [1.29, 1.82) is 0 Å². The Balaban J connectivity index is 2.03. The van der Waals surface area contributed by atoms with Crippen LogP contribution in [-0.4, -0.2) is 37.7 Å². The van der Waals surface area contributed by atoms with Crippen LogP contribution in [0, 0.1) is 0 Å². The van der Waals surface area contributed by atoms with Crippen LogP contribution in [0.2, 0.25) is 0 Å². The highest BCUT2D eigenvalue weighted by Crippen LogP contribution is 2.22. The average Bonchev–Trinajstić information content (AvgIpc) is 1.76. The molecule has 10 heavy (non-hydrogen) atoms. The van der Waals surface area contributed by atoms with E-state index in [4.69, 9.17) is 4.74 Å². The van der Waals surface area contributed by atoms with Crippen LogP contribution in [0.25, 0.3) is 0 Å². The van der Waals surface area contributed by atoms with Gasteiger partial charge in [-0.3, -0.25) is 0 Å². The Kier molecular flexibility index (Phi) is 2.69. The summed E-state index contributed by atoms with van der Waals surface area (Å²) in [4.78, 5) is 2.18. The summed E-state index contributed by atoms with van der Waals surface area (Å²) in [6, 6.07) is 0. The lowest BCUT2D eigenvalue weighted by Gasteiger charge is -2.36. The van der Waals surface area contributed by atoms with E-state index in [1.54, 1.807) is 0 Å². The van der Waals surface area contributed by atoms with Crippen LogP contribution in [0.3, 0.4) is 0 Å². The average molecular weight is 143 g/mol. The maximum atomic E-state index is 5.56. The van der Waals surface area contributed by atoms with Crippen molar-refractivity contribution in [2.24, 2.45) is 0 Å². The van der Waals surface area contributed by atoms with Gasteiger partial charge in [0.1, 0.15) is 0 Å². The fraction of sp³-hybridized carbons (Fsp3) is 1.00. The summed E-state index contributed by atoms with van der Waals surface area (Å²) >= 11 is 0. The van der Waals surface area contributed by atoms with Crippen molar-refractivity contribution in [2.75, 3.05) is 20.6 Å². The van der Waals surface area contributed by atoms with Crippen LogP contribution in [0.15, 0.2) is 0 Å². The van der Waals surface area contributed by atoms with E-state index in [1.165, 1.54) is 12.8 Å². The molecule has 0 spiro atoms. The molecule has 0 aliphatic carbocycles. The van der Waals surface area contributed by atoms with Gasteiger partial charge in [-0.1, -0.05) is 6.92 Å². The number of hydrogen-bond acceptors (Lipinski definition) is 2. The van der Waals surface area contributed by atoms with Gasteiger partial charge in [0.25, 0.3) is 0 Å². The summed E-state index contributed by atoms with van der Waals surface area (Å²) in [5, 5.41) is 0. The molecule has 0 amide bonds. The van der Waals surface area contributed by atoms with Crippen molar-refractivity contribution in [3.63, 3.8) is 0 Å². The molecule has 0 N–H and O–H groups in total. The van der Waals surface area contributed by atoms with Gasteiger partial charge in [0.05, 0.1) is 12.2 Å². The molecule has 0 aromatic heterocycles. The molecule has 2 nitrogen and oxygen atoms in total. The van der Waals surface area contributed by atoms with Gasteiger partial charge in [-0.15, -0.1) is 0 Å². The monoisotopic (exact) mass is 143 g/mol. The molecule has 0 aromatic rings. The minimum atomic E-state index is 0.514. The molecular formula is C8H17NO. The summed E-state index contributed by atoms with van der Waals surface area (Å²) in [5.74, 6) is 0. The third kappa shape index (κ3) is 1.96. The number of rotatable bonds is 3. The molecule has 2 atom stereocenters. The maximum absolute atomic E-state index is 5.56. The first-order valence-corrected chi connectivity index (χ1v) is 4.02. The fourth-order valence-corrected chi connectivity index (χ4v) is 1.34. The zero-order chi connectivity index (χ0) is 7.56. The Labute approximate surface area is 63.2 Å². The van der Waals surface area contributed by atoms with Crippen molar-refractivity contribution in [3.8, 4) is 0 Å². The zero-order valence-corrected chi connectivity index (χ0v) is 7.13. The first-order chi connectivity index (χ1) is 4.72. The molecule has 2 unspecified atom stereocenters. The minimum absolute atomic E-state index is 0.514. The Morgan fingerprint density at radius 2 is 2.00 bits per heavy atom. The summed E-state index contributed by atoms with van der Waals surface area (Å²) in [7, 11) is 4.17. The SMILES string of the molecule is CCC1CC(CN(C)C)O1.